The van der Waals surface area contributed by atoms with E-state index in [0.29, 0.717) is 46.0 Å². The van der Waals surface area contributed by atoms with Gasteiger partial charge < -0.3 is 25.8 Å². The van der Waals surface area contributed by atoms with Gasteiger partial charge in [-0.05, 0) is 166 Å². The molecular weight excluding hydrogens is 647 g/mol. The van der Waals surface area contributed by atoms with Gasteiger partial charge in [0, 0.05) is 30.6 Å². The van der Waals surface area contributed by atoms with Crippen molar-refractivity contribution < 1.29 is 19.4 Å². The average molecular weight is 722 g/mol. The Morgan fingerprint density at radius 3 is 2.17 bits per heavy atom. The number of fused-ring (bicyclic) bond motifs is 7. The first kappa shape index (κ1) is 37.7. The zero-order valence-corrected chi connectivity index (χ0v) is 34.3. The van der Waals surface area contributed by atoms with E-state index >= 15 is 0 Å². The Balaban J connectivity index is 1.00. The number of nitrogens with two attached hydrogens (primary N) is 1. The van der Waals surface area contributed by atoms with Gasteiger partial charge in [-0.1, -0.05) is 55.4 Å². The smallest absolute Gasteiger partial charge is 0.309 e. The van der Waals surface area contributed by atoms with Gasteiger partial charge in [-0.25, -0.2) is 0 Å². The van der Waals surface area contributed by atoms with Crippen LogP contribution in [-0.4, -0.2) is 66.3 Å². The summed E-state index contributed by atoms with van der Waals surface area (Å²) < 4.78 is 6.47. The van der Waals surface area contributed by atoms with E-state index in [9.17, 15) is 14.7 Å². The summed E-state index contributed by atoms with van der Waals surface area (Å²) in [6.07, 6.45) is 17.2. The van der Waals surface area contributed by atoms with Crippen molar-refractivity contribution in [3.63, 3.8) is 0 Å². The number of esters is 1. The number of hydrogen-bond acceptors (Lipinski definition) is 6. The van der Waals surface area contributed by atoms with Crippen LogP contribution in [0.4, 0.5) is 0 Å². The maximum Gasteiger partial charge on any atom is 0.309 e. The average Bonchev–Trinajstić information content (AvgIpc) is 3.45. The number of aliphatic carboxylic acids is 1. The van der Waals surface area contributed by atoms with Crippen LogP contribution < -0.4 is 11.1 Å². The minimum absolute atomic E-state index is 0.101. The van der Waals surface area contributed by atoms with Crippen molar-refractivity contribution in [2.75, 3.05) is 32.7 Å². The molecule has 13 atom stereocenters. The molecule has 7 saturated carbocycles. The molecule has 7 heteroatoms. The number of carboxylic acids is 1. The van der Waals surface area contributed by atoms with E-state index in [2.05, 4.69) is 51.8 Å². The van der Waals surface area contributed by atoms with Crippen molar-refractivity contribution in [2.45, 2.75) is 157 Å². The van der Waals surface area contributed by atoms with Crippen LogP contribution in [0, 0.1) is 79.8 Å². The van der Waals surface area contributed by atoms with Crippen LogP contribution >= 0.6 is 0 Å². The lowest BCUT2D eigenvalue weighted by Crippen LogP contribution is -2.69. The molecule has 0 spiro atoms. The molecule has 0 aromatic heterocycles. The normalized spacial score (nSPS) is 49.8. The standard InChI is InChI=1S/C45H75N3O4/c1-39(2)31(37(49)50)25-32(39)38(51)52-35-13-15-42(6)33(40(35,3)4)12-16-44(8)34(42)10-9-30-36-29(41(5)18-19-41)11-17-45(36,21-20-43(30,44)7)47-22-24-48-23-14-28(26-46)27-48/h28-36,47H,9-27,46H2,1-8H3,(H,49,50)/t28?,29-,30-,31+,32-,33+,34-,35+,36-,42+,43-,44-,45+/m1/s1. The highest BCUT2D eigenvalue weighted by molar-refractivity contribution is 5.81. The van der Waals surface area contributed by atoms with E-state index in [4.69, 9.17) is 10.5 Å². The molecule has 8 rings (SSSR count). The number of hydrogen-bond donors (Lipinski definition) is 3. The molecule has 1 heterocycles. The Kier molecular flexibility index (Phi) is 9.00. The number of rotatable bonds is 9. The molecule has 52 heavy (non-hydrogen) atoms. The number of carbonyl (C=O) groups is 2. The molecule has 7 aliphatic carbocycles. The van der Waals surface area contributed by atoms with Crippen molar-refractivity contribution in [1.82, 2.24) is 10.2 Å². The van der Waals surface area contributed by atoms with Gasteiger partial charge in [-0.15, -0.1) is 0 Å². The van der Waals surface area contributed by atoms with Crippen LogP contribution in [0.1, 0.15) is 145 Å². The predicted octanol–water partition coefficient (Wildman–Crippen LogP) is 8.15. The summed E-state index contributed by atoms with van der Waals surface area (Å²) in [6, 6.07) is 0. The highest BCUT2D eigenvalue weighted by Crippen LogP contribution is 2.78. The van der Waals surface area contributed by atoms with Crippen molar-refractivity contribution in [2.24, 2.45) is 85.6 Å². The fraction of sp³-hybridized carbons (Fsp3) is 0.956. The van der Waals surface area contributed by atoms with Gasteiger partial charge in [0.25, 0.3) is 0 Å². The number of ether oxygens (including phenoxy) is 1. The highest BCUT2D eigenvalue weighted by Gasteiger charge is 2.72. The van der Waals surface area contributed by atoms with Crippen LogP contribution in [0.25, 0.3) is 0 Å². The quantitative estimate of drug-likeness (QED) is 0.207. The summed E-state index contributed by atoms with van der Waals surface area (Å²) in [4.78, 5) is 28.1. The highest BCUT2D eigenvalue weighted by atomic mass is 16.5. The van der Waals surface area contributed by atoms with E-state index in [1.165, 1.54) is 90.3 Å². The second-order valence-electron chi connectivity index (χ2n) is 22.6. The molecule has 0 amide bonds. The Labute approximate surface area is 316 Å². The van der Waals surface area contributed by atoms with Gasteiger partial charge in [-0.3, -0.25) is 9.59 Å². The van der Waals surface area contributed by atoms with Crippen LogP contribution in [0.5, 0.6) is 0 Å². The molecule has 1 saturated heterocycles. The summed E-state index contributed by atoms with van der Waals surface area (Å²) >= 11 is 0. The summed E-state index contributed by atoms with van der Waals surface area (Å²) in [5, 5.41) is 14.1. The van der Waals surface area contributed by atoms with Crippen molar-refractivity contribution in [3.05, 3.63) is 0 Å². The third kappa shape index (κ3) is 5.32. The maximum absolute atomic E-state index is 13.6. The zero-order chi connectivity index (χ0) is 37.3. The van der Waals surface area contributed by atoms with Crippen LogP contribution in [0.15, 0.2) is 0 Å². The minimum atomic E-state index is -0.791. The topological polar surface area (TPSA) is 105 Å². The second-order valence-corrected chi connectivity index (χ2v) is 22.6. The third-order valence-electron chi connectivity index (χ3n) is 20.0. The molecule has 7 nitrogen and oxygen atoms in total. The monoisotopic (exact) mass is 722 g/mol. The van der Waals surface area contributed by atoms with Gasteiger partial charge in [0.05, 0.1) is 11.8 Å². The van der Waals surface area contributed by atoms with Gasteiger partial charge in [0.2, 0.25) is 0 Å². The number of likely N-dealkylation sites (tertiary alicyclic amines) is 1. The first-order valence-corrected chi connectivity index (χ1v) is 22.0. The molecule has 0 aromatic rings. The van der Waals surface area contributed by atoms with E-state index in [0.717, 1.165) is 43.7 Å². The van der Waals surface area contributed by atoms with E-state index < -0.39 is 17.3 Å². The molecule has 1 unspecified atom stereocenters. The van der Waals surface area contributed by atoms with E-state index in [1.807, 2.05) is 13.8 Å². The Morgan fingerprint density at radius 2 is 1.52 bits per heavy atom. The molecule has 0 bridgehead atoms. The van der Waals surface area contributed by atoms with Crippen molar-refractivity contribution in [3.8, 4) is 0 Å². The largest absolute Gasteiger partial charge is 0.481 e. The summed E-state index contributed by atoms with van der Waals surface area (Å²) in [7, 11) is 0. The van der Waals surface area contributed by atoms with Gasteiger partial charge in [0.15, 0.2) is 0 Å². The molecule has 0 aromatic carbocycles. The number of nitrogens with one attached hydrogen (secondary N) is 1. The SMILES string of the molecule is CC1([C@@H]2CC[C@]3(NCCN4CCC(CN)C4)CC[C@]4(C)[C@H](CC[C@@H]5[C@@]6(C)CC[C@H](OC(=O)[C@H]7C[C@@H](C(=O)O)C7(C)C)C(C)(C)[C@@H]6CC[C@]54C)[C@@H]23)CC1. The lowest BCUT2D eigenvalue weighted by molar-refractivity contribution is -0.249. The molecule has 294 valence electrons. The Bertz CT molecular complexity index is 1420. The first-order valence-electron chi connectivity index (χ1n) is 22.0. The molecule has 0 radical (unpaired) electrons. The van der Waals surface area contributed by atoms with Crippen LogP contribution in [0.2, 0.25) is 0 Å². The van der Waals surface area contributed by atoms with Crippen LogP contribution in [-0.2, 0) is 14.3 Å². The van der Waals surface area contributed by atoms with E-state index in [1.54, 1.807) is 0 Å². The minimum Gasteiger partial charge on any atom is -0.481 e. The van der Waals surface area contributed by atoms with Gasteiger partial charge >= 0.3 is 11.9 Å². The fourth-order valence-corrected chi connectivity index (χ4v) is 16.2. The summed E-state index contributed by atoms with van der Waals surface area (Å²) in [5.41, 5.74) is 7.15. The summed E-state index contributed by atoms with van der Waals surface area (Å²) in [6.45, 7) is 25.0. The zero-order valence-electron chi connectivity index (χ0n) is 34.3. The second kappa shape index (κ2) is 12.4. The molecule has 4 N–H and O–H groups in total. The molecule has 1 aliphatic heterocycles. The molecule has 8 aliphatic rings. The van der Waals surface area contributed by atoms with E-state index in [-0.39, 0.29) is 28.8 Å². The predicted molar refractivity (Wildman–Crippen MR) is 206 cm³/mol. The third-order valence-corrected chi connectivity index (χ3v) is 20.0. The van der Waals surface area contributed by atoms with Crippen molar-refractivity contribution >= 4 is 11.9 Å². The Morgan fingerprint density at radius 1 is 0.769 bits per heavy atom. The lowest BCUT2D eigenvalue weighted by Gasteiger charge is -2.73. The van der Waals surface area contributed by atoms with Crippen molar-refractivity contribution in [1.29, 1.82) is 0 Å². The Hall–Kier alpha value is -1.18. The molecule has 8 fully saturated rings. The summed E-state index contributed by atoms with van der Waals surface area (Å²) in [5.74, 6) is 2.60. The lowest BCUT2D eigenvalue weighted by atomic mass is 9.32. The maximum atomic E-state index is 13.6. The molecular formula is C45H75N3O4. The first-order chi connectivity index (χ1) is 24.4. The van der Waals surface area contributed by atoms with Gasteiger partial charge in [-0.2, -0.15) is 0 Å². The van der Waals surface area contributed by atoms with Crippen LogP contribution in [0.3, 0.4) is 0 Å². The number of carboxylic acid groups (broad SMARTS) is 1. The fourth-order valence-electron chi connectivity index (χ4n) is 16.2. The number of nitrogens with zero attached hydrogens (tertiary/aromatic N) is 1. The number of carbonyl (C=O) groups excluding carboxylic acids is 1. The van der Waals surface area contributed by atoms with Gasteiger partial charge in [0.1, 0.15) is 6.10 Å².